The number of hydrogen-bond acceptors (Lipinski definition) is 7. The number of aromatic nitrogens is 1. The van der Waals surface area contributed by atoms with E-state index in [1.807, 2.05) is 30.3 Å². The van der Waals surface area contributed by atoms with Gasteiger partial charge in [0, 0.05) is 37.3 Å². The summed E-state index contributed by atoms with van der Waals surface area (Å²) in [6, 6.07) is 9.97. The molecule has 3 heterocycles. The van der Waals surface area contributed by atoms with E-state index in [9.17, 15) is 24.9 Å². The van der Waals surface area contributed by atoms with E-state index in [1.165, 1.54) is 9.80 Å². The summed E-state index contributed by atoms with van der Waals surface area (Å²) in [6.45, 7) is 1.06. The first kappa shape index (κ1) is 26.2. The Morgan fingerprint density at radius 2 is 1.89 bits per heavy atom. The van der Waals surface area contributed by atoms with Crippen LogP contribution in [0.4, 0.5) is 9.59 Å². The second kappa shape index (κ2) is 11.9. The molecule has 11 nitrogen and oxygen atoms in total. The van der Waals surface area contributed by atoms with Crippen LogP contribution in [0, 0.1) is 0 Å². The van der Waals surface area contributed by atoms with Crippen molar-refractivity contribution in [3.8, 4) is 11.6 Å². The van der Waals surface area contributed by atoms with Crippen molar-refractivity contribution < 1.29 is 39.1 Å². The van der Waals surface area contributed by atoms with Crippen LogP contribution in [0.3, 0.4) is 0 Å². The van der Waals surface area contributed by atoms with Crippen molar-refractivity contribution in [2.24, 2.45) is 0 Å². The van der Waals surface area contributed by atoms with Crippen molar-refractivity contribution in [1.82, 2.24) is 14.8 Å². The number of rotatable bonds is 10. The third-order valence-electron chi connectivity index (χ3n) is 6.66. The zero-order valence-corrected chi connectivity index (χ0v) is 20.6. The number of para-hydroxylation sites is 1. The number of carbonyl (C=O) groups is 2. The molecule has 2 aliphatic rings. The fourth-order valence-corrected chi connectivity index (χ4v) is 4.91. The molecule has 11 heteroatoms. The van der Waals surface area contributed by atoms with Gasteiger partial charge in [0.1, 0.15) is 5.75 Å². The first-order valence-electron chi connectivity index (χ1n) is 12.0. The zero-order valence-electron chi connectivity index (χ0n) is 20.6. The van der Waals surface area contributed by atoms with E-state index in [-0.39, 0.29) is 26.1 Å². The molecule has 198 valence electrons. The Labute approximate surface area is 214 Å². The standard InChI is InChI=1S/C26H31N3O8/c1-35-23-6-3-2-5-18(23)16-36-9-4-10-37-24-8-7-17(12-27-24)20-11-19-13-28(25(31)32)14-22(21(20)15-30)29(19)26(33)34/h2-3,5-8,12,19,22,30H,4,9-11,13-16H2,1H3,(H,31,32)(H,33,34)/t19-,22-/m1/s1. The molecule has 0 radical (unpaired) electrons. The fourth-order valence-electron chi connectivity index (χ4n) is 4.91. The molecule has 2 bridgehead atoms. The summed E-state index contributed by atoms with van der Waals surface area (Å²) < 4.78 is 16.7. The summed E-state index contributed by atoms with van der Waals surface area (Å²) in [4.78, 5) is 30.2. The van der Waals surface area contributed by atoms with E-state index in [0.29, 0.717) is 37.7 Å². The van der Waals surface area contributed by atoms with Crippen molar-refractivity contribution in [1.29, 1.82) is 0 Å². The lowest BCUT2D eigenvalue weighted by Gasteiger charge is -2.49. The van der Waals surface area contributed by atoms with Crippen LogP contribution in [0.15, 0.2) is 48.2 Å². The van der Waals surface area contributed by atoms with E-state index in [1.54, 1.807) is 19.4 Å². The maximum Gasteiger partial charge on any atom is 0.408 e. The van der Waals surface area contributed by atoms with Gasteiger partial charge in [-0.2, -0.15) is 0 Å². The Morgan fingerprint density at radius 3 is 2.57 bits per heavy atom. The van der Waals surface area contributed by atoms with Crippen LogP contribution < -0.4 is 9.47 Å². The van der Waals surface area contributed by atoms with E-state index in [0.717, 1.165) is 22.4 Å². The predicted octanol–water partition coefficient (Wildman–Crippen LogP) is 2.94. The molecule has 0 aliphatic carbocycles. The number of carboxylic acid groups (broad SMARTS) is 2. The topological polar surface area (TPSA) is 142 Å². The molecule has 2 aliphatic heterocycles. The van der Waals surface area contributed by atoms with Crippen LogP contribution in [-0.2, 0) is 11.3 Å². The minimum Gasteiger partial charge on any atom is -0.496 e. The Kier molecular flexibility index (Phi) is 8.47. The molecule has 0 unspecified atom stereocenters. The fraction of sp³-hybridized carbons (Fsp3) is 0.423. The first-order chi connectivity index (χ1) is 17.9. The lowest BCUT2D eigenvalue weighted by molar-refractivity contribution is 0.0343. The van der Waals surface area contributed by atoms with Crippen molar-refractivity contribution in [2.75, 3.05) is 40.0 Å². The average molecular weight is 514 g/mol. The molecule has 0 saturated carbocycles. The number of piperazine rings is 1. The minimum atomic E-state index is -1.13. The van der Waals surface area contributed by atoms with Crippen LogP contribution in [0.1, 0.15) is 24.0 Å². The number of ether oxygens (including phenoxy) is 3. The maximum absolute atomic E-state index is 11.9. The number of fused-ring (bicyclic) bond motifs is 2. The highest BCUT2D eigenvalue weighted by Gasteiger charge is 2.45. The number of nitrogens with zero attached hydrogens (tertiary/aromatic N) is 3. The number of pyridine rings is 1. The van der Waals surface area contributed by atoms with Crippen LogP contribution in [0.25, 0.3) is 5.57 Å². The molecule has 37 heavy (non-hydrogen) atoms. The van der Waals surface area contributed by atoms with E-state index >= 15 is 0 Å². The summed E-state index contributed by atoms with van der Waals surface area (Å²) in [5, 5.41) is 29.2. The van der Waals surface area contributed by atoms with Gasteiger partial charge in [-0.1, -0.05) is 18.2 Å². The van der Waals surface area contributed by atoms with E-state index in [4.69, 9.17) is 14.2 Å². The largest absolute Gasteiger partial charge is 0.496 e. The summed E-state index contributed by atoms with van der Waals surface area (Å²) in [7, 11) is 1.63. The highest BCUT2D eigenvalue weighted by Crippen LogP contribution is 2.38. The van der Waals surface area contributed by atoms with E-state index in [2.05, 4.69) is 4.98 Å². The Balaban J connectivity index is 1.34. The molecule has 0 spiro atoms. The van der Waals surface area contributed by atoms with Gasteiger partial charge in [0.15, 0.2) is 0 Å². The molecule has 1 fully saturated rings. The van der Waals surface area contributed by atoms with Gasteiger partial charge in [-0.05, 0) is 35.3 Å². The zero-order chi connectivity index (χ0) is 26.4. The summed E-state index contributed by atoms with van der Waals surface area (Å²) >= 11 is 0. The Morgan fingerprint density at radius 1 is 1.08 bits per heavy atom. The Hall–Kier alpha value is -3.83. The van der Waals surface area contributed by atoms with Crippen molar-refractivity contribution >= 4 is 17.8 Å². The van der Waals surface area contributed by atoms with Crippen molar-refractivity contribution in [3.63, 3.8) is 0 Å². The third kappa shape index (κ3) is 5.95. The SMILES string of the molecule is COc1ccccc1COCCCOc1ccc(C2=C(CO)[C@H]3CN(C(=O)O)C[C@@H](C2)N3C(=O)O)cn1. The lowest BCUT2D eigenvalue weighted by Crippen LogP contribution is -2.64. The summed E-state index contributed by atoms with van der Waals surface area (Å²) in [5.41, 5.74) is 3.02. The van der Waals surface area contributed by atoms with Crippen molar-refractivity contribution in [3.05, 3.63) is 59.3 Å². The second-order valence-corrected chi connectivity index (χ2v) is 8.86. The van der Waals surface area contributed by atoms with Gasteiger partial charge >= 0.3 is 12.2 Å². The van der Waals surface area contributed by atoms with Gasteiger partial charge in [0.2, 0.25) is 5.88 Å². The lowest BCUT2D eigenvalue weighted by atomic mass is 9.83. The highest BCUT2D eigenvalue weighted by molar-refractivity contribution is 5.77. The molecule has 1 aromatic carbocycles. The molecule has 2 atom stereocenters. The van der Waals surface area contributed by atoms with Gasteiger partial charge in [-0.25, -0.2) is 14.6 Å². The number of methoxy groups -OCH3 is 1. The molecular weight excluding hydrogens is 482 g/mol. The minimum absolute atomic E-state index is 0.0225. The molecular formula is C26H31N3O8. The number of aliphatic hydroxyl groups excluding tert-OH is 1. The molecule has 2 amide bonds. The number of benzene rings is 1. The number of amides is 2. The van der Waals surface area contributed by atoms with Gasteiger partial charge in [0.25, 0.3) is 0 Å². The smallest absolute Gasteiger partial charge is 0.408 e. The highest BCUT2D eigenvalue weighted by atomic mass is 16.5. The second-order valence-electron chi connectivity index (χ2n) is 8.86. The first-order valence-corrected chi connectivity index (χ1v) is 12.0. The van der Waals surface area contributed by atoms with Gasteiger partial charge < -0.3 is 34.4 Å². The number of aliphatic hydroxyl groups is 1. The summed E-state index contributed by atoms with van der Waals surface area (Å²) in [5.74, 6) is 1.24. The average Bonchev–Trinajstić information content (AvgIpc) is 2.90. The Bertz CT molecular complexity index is 1140. The predicted molar refractivity (Wildman–Crippen MR) is 133 cm³/mol. The van der Waals surface area contributed by atoms with E-state index < -0.39 is 24.3 Å². The van der Waals surface area contributed by atoms with Crippen LogP contribution in [-0.4, -0.2) is 94.4 Å². The molecule has 3 N–H and O–H groups in total. The van der Waals surface area contributed by atoms with Crippen LogP contribution in [0.5, 0.6) is 11.6 Å². The molecule has 4 rings (SSSR count). The van der Waals surface area contributed by atoms with Gasteiger partial charge in [-0.15, -0.1) is 0 Å². The molecule has 1 aromatic heterocycles. The maximum atomic E-state index is 11.9. The van der Waals surface area contributed by atoms with Crippen LogP contribution >= 0.6 is 0 Å². The monoisotopic (exact) mass is 513 g/mol. The normalized spacial score (nSPS) is 19.1. The van der Waals surface area contributed by atoms with Gasteiger partial charge in [0.05, 0.1) is 45.6 Å². The van der Waals surface area contributed by atoms with Gasteiger partial charge in [-0.3, -0.25) is 4.90 Å². The third-order valence-corrected chi connectivity index (χ3v) is 6.66. The van der Waals surface area contributed by atoms with Crippen LogP contribution in [0.2, 0.25) is 0 Å². The quantitative estimate of drug-likeness (QED) is 0.409. The number of hydrogen-bond donors (Lipinski definition) is 3. The summed E-state index contributed by atoms with van der Waals surface area (Å²) in [6.07, 6.45) is 0.369. The van der Waals surface area contributed by atoms with Crippen molar-refractivity contribution in [2.45, 2.75) is 31.5 Å². The molecule has 2 aromatic rings. The molecule has 1 saturated heterocycles.